The largest absolute Gasteiger partial charge is 0.456 e. The van der Waals surface area contributed by atoms with Gasteiger partial charge in [0.2, 0.25) is 5.91 Å². The van der Waals surface area contributed by atoms with Crippen LogP contribution in [0.25, 0.3) is 21.9 Å². The van der Waals surface area contributed by atoms with E-state index in [2.05, 4.69) is 5.32 Å². The molecular formula is C14H12N2O2. The molecule has 4 heteroatoms. The third-order valence-electron chi connectivity index (χ3n) is 2.86. The van der Waals surface area contributed by atoms with Crippen LogP contribution < -0.4 is 11.1 Å². The topological polar surface area (TPSA) is 68.3 Å². The van der Waals surface area contributed by atoms with Crippen molar-refractivity contribution in [2.75, 3.05) is 11.1 Å². The van der Waals surface area contributed by atoms with Crippen LogP contribution in [-0.2, 0) is 4.79 Å². The fraction of sp³-hybridized carbons (Fsp3) is 0.0714. The van der Waals surface area contributed by atoms with Crippen LogP contribution in [0.2, 0.25) is 0 Å². The van der Waals surface area contributed by atoms with Crippen molar-refractivity contribution in [1.82, 2.24) is 0 Å². The minimum Gasteiger partial charge on any atom is -0.456 e. The highest BCUT2D eigenvalue weighted by atomic mass is 16.3. The van der Waals surface area contributed by atoms with E-state index < -0.39 is 0 Å². The van der Waals surface area contributed by atoms with Crippen molar-refractivity contribution in [2.45, 2.75) is 6.92 Å². The van der Waals surface area contributed by atoms with Crippen molar-refractivity contribution < 1.29 is 9.21 Å². The van der Waals surface area contributed by atoms with Gasteiger partial charge in [-0.1, -0.05) is 18.2 Å². The lowest BCUT2D eigenvalue weighted by molar-refractivity contribution is -0.114. The Morgan fingerprint density at radius 2 is 1.94 bits per heavy atom. The first-order chi connectivity index (χ1) is 8.65. The number of hydrogen-bond acceptors (Lipinski definition) is 3. The predicted molar refractivity (Wildman–Crippen MR) is 72.4 cm³/mol. The van der Waals surface area contributed by atoms with Gasteiger partial charge in [0.25, 0.3) is 0 Å². The molecule has 90 valence electrons. The number of nitrogens with one attached hydrogen (secondary N) is 1. The van der Waals surface area contributed by atoms with Gasteiger partial charge < -0.3 is 15.5 Å². The Hall–Kier alpha value is -2.49. The van der Waals surface area contributed by atoms with E-state index in [1.807, 2.05) is 30.3 Å². The minimum absolute atomic E-state index is 0.155. The van der Waals surface area contributed by atoms with E-state index in [1.54, 1.807) is 6.07 Å². The van der Waals surface area contributed by atoms with E-state index in [1.165, 1.54) is 6.92 Å². The molecule has 0 bridgehead atoms. The molecule has 0 aliphatic carbocycles. The first-order valence-electron chi connectivity index (χ1n) is 5.63. The van der Waals surface area contributed by atoms with E-state index in [0.29, 0.717) is 17.0 Å². The molecule has 0 saturated carbocycles. The van der Waals surface area contributed by atoms with Gasteiger partial charge in [-0.05, 0) is 12.1 Å². The van der Waals surface area contributed by atoms with Crippen LogP contribution in [0.1, 0.15) is 6.92 Å². The second-order valence-corrected chi connectivity index (χ2v) is 4.22. The van der Waals surface area contributed by atoms with Gasteiger partial charge in [-0.15, -0.1) is 0 Å². The maximum Gasteiger partial charge on any atom is 0.221 e. The summed E-state index contributed by atoms with van der Waals surface area (Å²) in [6.07, 6.45) is 0. The second kappa shape index (κ2) is 3.77. The van der Waals surface area contributed by atoms with Gasteiger partial charge in [-0.2, -0.15) is 0 Å². The Morgan fingerprint density at radius 1 is 1.17 bits per heavy atom. The molecule has 1 heterocycles. The Labute approximate surface area is 103 Å². The van der Waals surface area contributed by atoms with Crippen LogP contribution in [-0.4, -0.2) is 5.91 Å². The lowest BCUT2D eigenvalue weighted by atomic mass is 10.1. The van der Waals surface area contributed by atoms with Crippen LogP contribution in [0, 0.1) is 0 Å². The number of nitrogens with two attached hydrogens (primary N) is 1. The molecule has 3 aromatic rings. The summed E-state index contributed by atoms with van der Waals surface area (Å²) in [5, 5.41) is 4.66. The zero-order valence-electron chi connectivity index (χ0n) is 9.86. The highest BCUT2D eigenvalue weighted by Gasteiger charge is 2.10. The highest BCUT2D eigenvalue weighted by molar-refractivity contribution is 6.08. The molecule has 0 aliphatic heterocycles. The number of anilines is 2. The average Bonchev–Trinajstić information content (AvgIpc) is 2.67. The van der Waals surface area contributed by atoms with Crippen LogP contribution in [0.4, 0.5) is 11.4 Å². The van der Waals surface area contributed by atoms with Crippen molar-refractivity contribution in [3.05, 3.63) is 36.4 Å². The third kappa shape index (κ3) is 1.59. The Morgan fingerprint density at radius 3 is 2.72 bits per heavy atom. The van der Waals surface area contributed by atoms with Crippen molar-refractivity contribution in [2.24, 2.45) is 0 Å². The molecule has 3 N–H and O–H groups in total. The molecule has 0 spiro atoms. The second-order valence-electron chi connectivity index (χ2n) is 4.22. The Balaban J connectivity index is 2.29. The van der Waals surface area contributed by atoms with Gasteiger partial charge in [0.15, 0.2) is 0 Å². The minimum atomic E-state index is -0.155. The van der Waals surface area contributed by atoms with E-state index in [0.717, 1.165) is 16.4 Å². The number of rotatable bonds is 1. The number of nitrogen functional groups attached to an aromatic ring is 1. The highest BCUT2D eigenvalue weighted by Crippen LogP contribution is 2.33. The third-order valence-corrected chi connectivity index (χ3v) is 2.86. The number of carbonyl (C=O) groups is 1. The molecule has 3 rings (SSSR count). The van der Waals surface area contributed by atoms with Gasteiger partial charge in [-0.3, -0.25) is 4.79 Å². The number of benzene rings is 2. The van der Waals surface area contributed by atoms with Gasteiger partial charge in [0.05, 0.1) is 11.4 Å². The summed E-state index contributed by atoms with van der Waals surface area (Å²) in [6.45, 7) is 1.45. The maximum atomic E-state index is 11.1. The van der Waals surface area contributed by atoms with Crippen LogP contribution in [0.5, 0.6) is 0 Å². The SMILES string of the molecule is CC(=O)Nc1cc2oc3ccccc3c2cc1N. The summed E-state index contributed by atoms with van der Waals surface area (Å²) < 4.78 is 5.72. The summed E-state index contributed by atoms with van der Waals surface area (Å²) in [5.74, 6) is -0.155. The summed E-state index contributed by atoms with van der Waals surface area (Å²) in [7, 11) is 0. The number of furan rings is 1. The predicted octanol–water partition coefficient (Wildman–Crippen LogP) is 3.13. The fourth-order valence-electron chi connectivity index (χ4n) is 2.09. The molecule has 1 aromatic heterocycles. The van der Waals surface area contributed by atoms with Crippen molar-refractivity contribution in [1.29, 1.82) is 0 Å². The summed E-state index contributed by atoms with van der Waals surface area (Å²) in [4.78, 5) is 11.1. The van der Waals surface area contributed by atoms with Gasteiger partial charge in [0, 0.05) is 23.8 Å². The molecule has 0 atom stereocenters. The van der Waals surface area contributed by atoms with Gasteiger partial charge >= 0.3 is 0 Å². The first-order valence-corrected chi connectivity index (χ1v) is 5.63. The van der Waals surface area contributed by atoms with E-state index >= 15 is 0 Å². The maximum absolute atomic E-state index is 11.1. The average molecular weight is 240 g/mol. The Bertz CT molecular complexity index is 759. The van der Waals surface area contributed by atoms with Crippen LogP contribution in [0.3, 0.4) is 0 Å². The number of carbonyl (C=O) groups excluding carboxylic acids is 1. The number of fused-ring (bicyclic) bond motifs is 3. The number of amides is 1. The molecule has 1 amide bonds. The van der Waals surface area contributed by atoms with Crippen LogP contribution in [0.15, 0.2) is 40.8 Å². The van der Waals surface area contributed by atoms with E-state index in [-0.39, 0.29) is 5.91 Å². The molecule has 2 aromatic carbocycles. The summed E-state index contributed by atoms with van der Waals surface area (Å²) >= 11 is 0. The molecular weight excluding hydrogens is 228 g/mol. The van der Waals surface area contributed by atoms with Gasteiger partial charge in [0.1, 0.15) is 11.2 Å². The standard InChI is InChI=1S/C14H12N2O2/c1-8(17)16-12-7-14-10(6-11(12)15)9-4-2-3-5-13(9)18-14/h2-7H,15H2,1H3,(H,16,17). The number of hydrogen-bond donors (Lipinski definition) is 2. The van der Waals surface area contributed by atoms with Crippen molar-refractivity contribution >= 4 is 39.2 Å². The molecule has 0 saturated heterocycles. The molecule has 0 radical (unpaired) electrons. The molecule has 0 fully saturated rings. The summed E-state index contributed by atoms with van der Waals surface area (Å²) in [6, 6.07) is 11.3. The Kier molecular flexibility index (Phi) is 2.23. The molecule has 0 aliphatic rings. The van der Waals surface area contributed by atoms with E-state index in [4.69, 9.17) is 10.2 Å². The zero-order valence-corrected chi connectivity index (χ0v) is 9.86. The quantitative estimate of drug-likeness (QED) is 0.642. The monoisotopic (exact) mass is 240 g/mol. The smallest absolute Gasteiger partial charge is 0.221 e. The van der Waals surface area contributed by atoms with E-state index in [9.17, 15) is 4.79 Å². The molecule has 18 heavy (non-hydrogen) atoms. The first kappa shape index (κ1) is 10.7. The van der Waals surface area contributed by atoms with Crippen molar-refractivity contribution in [3.63, 3.8) is 0 Å². The zero-order chi connectivity index (χ0) is 12.7. The number of para-hydroxylation sites is 1. The van der Waals surface area contributed by atoms with Crippen molar-refractivity contribution in [3.8, 4) is 0 Å². The normalized spacial score (nSPS) is 10.9. The lowest BCUT2D eigenvalue weighted by Gasteiger charge is -2.05. The van der Waals surface area contributed by atoms with Gasteiger partial charge in [-0.25, -0.2) is 0 Å². The lowest BCUT2D eigenvalue weighted by Crippen LogP contribution is -2.07. The molecule has 0 unspecified atom stereocenters. The summed E-state index contributed by atoms with van der Waals surface area (Å²) in [5.41, 5.74) is 8.57. The molecule has 4 nitrogen and oxygen atoms in total. The fourth-order valence-corrected chi connectivity index (χ4v) is 2.09. The van der Waals surface area contributed by atoms with Crippen LogP contribution >= 0.6 is 0 Å².